The summed E-state index contributed by atoms with van der Waals surface area (Å²) in [4.78, 5) is 11.7. The molecule has 1 rings (SSSR count). The highest BCUT2D eigenvalue weighted by Gasteiger charge is 2.35. The predicted octanol–water partition coefficient (Wildman–Crippen LogP) is 0.816. The second-order valence-corrected chi connectivity index (χ2v) is 5.28. The number of carbonyl (C=O) groups is 1. The number of carbonyl (C=O) groups excluding carboxylic acids is 1. The van der Waals surface area contributed by atoms with Gasteiger partial charge in [-0.05, 0) is 40.0 Å². The van der Waals surface area contributed by atoms with Gasteiger partial charge < -0.3 is 15.6 Å². The Bertz CT molecular complexity index is 234. The number of hydrogen-bond donors (Lipinski definition) is 2. The van der Waals surface area contributed by atoms with Crippen molar-refractivity contribution in [3.05, 3.63) is 0 Å². The molecule has 0 bridgehead atoms. The number of rotatable bonds is 1. The Morgan fingerprint density at radius 3 is 2.53 bits per heavy atom. The molecule has 3 N–H and O–H groups in total. The molecule has 0 aliphatic heterocycles. The number of ether oxygens (including phenoxy) is 1. The van der Waals surface area contributed by atoms with Crippen molar-refractivity contribution >= 4 is 5.97 Å². The van der Waals surface area contributed by atoms with Gasteiger partial charge in [0.2, 0.25) is 0 Å². The summed E-state index contributed by atoms with van der Waals surface area (Å²) in [6, 6.07) is 0.00548. The predicted molar refractivity (Wildman–Crippen MR) is 57.2 cm³/mol. The maximum absolute atomic E-state index is 11.7. The van der Waals surface area contributed by atoms with Gasteiger partial charge in [-0.1, -0.05) is 0 Å². The van der Waals surface area contributed by atoms with E-state index in [0.29, 0.717) is 12.8 Å². The molecule has 4 nitrogen and oxygen atoms in total. The fraction of sp³-hybridized carbons (Fsp3) is 0.909. The average Bonchev–Trinajstić information content (AvgIpc) is 2.06. The van der Waals surface area contributed by atoms with Crippen molar-refractivity contribution in [1.29, 1.82) is 0 Å². The molecule has 0 amide bonds. The van der Waals surface area contributed by atoms with Crippen molar-refractivity contribution in [2.24, 2.45) is 11.7 Å². The lowest BCUT2D eigenvalue weighted by Crippen LogP contribution is -2.42. The highest BCUT2D eigenvalue weighted by molar-refractivity contribution is 5.73. The molecular weight excluding hydrogens is 194 g/mol. The lowest BCUT2D eigenvalue weighted by atomic mass is 9.83. The fourth-order valence-electron chi connectivity index (χ4n) is 1.82. The maximum Gasteiger partial charge on any atom is 0.312 e. The summed E-state index contributed by atoms with van der Waals surface area (Å²) in [5.74, 6) is -0.780. The van der Waals surface area contributed by atoms with Gasteiger partial charge in [0.15, 0.2) is 0 Å². The van der Waals surface area contributed by atoms with Crippen LogP contribution in [0.2, 0.25) is 0 Å². The van der Waals surface area contributed by atoms with Crippen LogP contribution < -0.4 is 5.73 Å². The van der Waals surface area contributed by atoms with Crippen molar-refractivity contribution in [1.82, 2.24) is 0 Å². The lowest BCUT2D eigenvalue weighted by Gasteiger charge is -2.32. The van der Waals surface area contributed by atoms with E-state index in [2.05, 4.69) is 0 Å². The first-order valence-electron chi connectivity index (χ1n) is 5.46. The van der Waals surface area contributed by atoms with Gasteiger partial charge in [-0.15, -0.1) is 0 Å². The molecule has 0 heterocycles. The van der Waals surface area contributed by atoms with Crippen molar-refractivity contribution in [2.45, 2.75) is 57.8 Å². The van der Waals surface area contributed by atoms with Gasteiger partial charge in [0.25, 0.3) is 0 Å². The SMILES string of the molecule is CC(C)(C)OC(=O)[C@@H]1C[C@@H](N)CC[C@H]1O. The van der Waals surface area contributed by atoms with E-state index in [1.54, 1.807) is 0 Å². The monoisotopic (exact) mass is 215 g/mol. The molecule has 0 radical (unpaired) electrons. The summed E-state index contributed by atoms with van der Waals surface area (Å²) < 4.78 is 5.24. The first-order chi connectivity index (χ1) is 6.79. The van der Waals surface area contributed by atoms with Crippen molar-refractivity contribution in [2.75, 3.05) is 0 Å². The molecule has 4 heteroatoms. The number of hydrogen-bond acceptors (Lipinski definition) is 4. The van der Waals surface area contributed by atoms with E-state index in [4.69, 9.17) is 10.5 Å². The highest BCUT2D eigenvalue weighted by atomic mass is 16.6. The van der Waals surface area contributed by atoms with E-state index in [-0.39, 0.29) is 12.0 Å². The van der Waals surface area contributed by atoms with Crippen LogP contribution in [0.15, 0.2) is 0 Å². The topological polar surface area (TPSA) is 72.5 Å². The maximum atomic E-state index is 11.7. The Balaban J connectivity index is 2.57. The van der Waals surface area contributed by atoms with E-state index in [1.807, 2.05) is 20.8 Å². The van der Waals surface area contributed by atoms with Crippen LogP contribution in [0.1, 0.15) is 40.0 Å². The van der Waals surface area contributed by atoms with E-state index in [9.17, 15) is 9.90 Å². The first kappa shape index (κ1) is 12.5. The van der Waals surface area contributed by atoms with Crippen LogP contribution in [0.25, 0.3) is 0 Å². The highest BCUT2D eigenvalue weighted by Crippen LogP contribution is 2.26. The molecule has 0 aromatic heterocycles. The van der Waals surface area contributed by atoms with Crippen molar-refractivity contribution in [3.8, 4) is 0 Å². The van der Waals surface area contributed by atoms with E-state index in [1.165, 1.54) is 0 Å². The van der Waals surface area contributed by atoms with Crippen LogP contribution >= 0.6 is 0 Å². The van der Waals surface area contributed by atoms with Crippen LogP contribution in [-0.2, 0) is 9.53 Å². The van der Waals surface area contributed by atoms with E-state index in [0.717, 1.165) is 6.42 Å². The van der Waals surface area contributed by atoms with Crippen LogP contribution in [0.5, 0.6) is 0 Å². The second kappa shape index (κ2) is 4.49. The Labute approximate surface area is 90.8 Å². The van der Waals surface area contributed by atoms with Crippen LogP contribution in [0.4, 0.5) is 0 Å². The fourth-order valence-corrected chi connectivity index (χ4v) is 1.82. The first-order valence-corrected chi connectivity index (χ1v) is 5.46. The Hall–Kier alpha value is -0.610. The summed E-state index contributed by atoms with van der Waals surface area (Å²) in [6.45, 7) is 5.46. The Morgan fingerprint density at radius 1 is 1.40 bits per heavy atom. The molecule has 3 atom stereocenters. The third kappa shape index (κ3) is 3.80. The summed E-state index contributed by atoms with van der Waals surface area (Å²) in [6.07, 6.45) is 1.29. The molecule has 0 aromatic rings. The number of esters is 1. The quantitative estimate of drug-likeness (QED) is 0.635. The molecular formula is C11H21NO3. The molecule has 0 aromatic carbocycles. The van der Waals surface area contributed by atoms with Gasteiger partial charge in [-0.2, -0.15) is 0 Å². The number of aliphatic hydroxyl groups is 1. The summed E-state index contributed by atoms with van der Waals surface area (Å²) >= 11 is 0. The van der Waals surface area contributed by atoms with Gasteiger partial charge in [0, 0.05) is 6.04 Å². The van der Waals surface area contributed by atoms with Crippen LogP contribution in [-0.4, -0.2) is 28.8 Å². The zero-order valence-corrected chi connectivity index (χ0v) is 9.69. The molecule has 1 fully saturated rings. The molecule has 88 valence electrons. The van der Waals surface area contributed by atoms with Crippen LogP contribution in [0.3, 0.4) is 0 Å². The van der Waals surface area contributed by atoms with E-state index < -0.39 is 17.6 Å². The normalized spacial score (nSPS) is 32.5. The second-order valence-electron chi connectivity index (χ2n) is 5.28. The standard InChI is InChI=1S/C11H21NO3/c1-11(2,3)15-10(14)8-6-7(12)4-5-9(8)13/h7-9,13H,4-6,12H2,1-3H3/t7-,8+,9+/m0/s1. The number of aliphatic hydroxyl groups excluding tert-OH is 1. The Morgan fingerprint density at radius 2 is 2.00 bits per heavy atom. The zero-order valence-electron chi connectivity index (χ0n) is 9.69. The largest absolute Gasteiger partial charge is 0.460 e. The molecule has 0 saturated heterocycles. The van der Waals surface area contributed by atoms with Crippen molar-refractivity contribution in [3.63, 3.8) is 0 Å². The average molecular weight is 215 g/mol. The number of nitrogens with two attached hydrogens (primary N) is 1. The van der Waals surface area contributed by atoms with E-state index >= 15 is 0 Å². The smallest absolute Gasteiger partial charge is 0.312 e. The van der Waals surface area contributed by atoms with Gasteiger partial charge in [0.1, 0.15) is 5.60 Å². The minimum absolute atomic E-state index is 0.00548. The molecule has 1 aliphatic rings. The third-order valence-electron chi connectivity index (χ3n) is 2.56. The molecule has 1 saturated carbocycles. The zero-order chi connectivity index (χ0) is 11.6. The van der Waals surface area contributed by atoms with Gasteiger partial charge in [-0.3, -0.25) is 4.79 Å². The minimum atomic E-state index is -0.598. The van der Waals surface area contributed by atoms with Crippen molar-refractivity contribution < 1.29 is 14.6 Å². The Kier molecular flexibility index (Phi) is 3.73. The lowest BCUT2D eigenvalue weighted by molar-refractivity contribution is -0.166. The summed E-state index contributed by atoms with van der Waals surface area (Å²) in [5, 5.41) is 9.70. The summed E-state index contributed by atoms with van der Waals surface area (Å²) in [7, 11) is 0. The third-order valence-corrected chi connectivity index (χ3v) is 2.56. The van der Waals surface area contributed by atoms with Crippen LogP contribution in [0, 0.1) is 5.92 Å². The molecule has 15 heavy (non-hydrogen) atoms. The molecule has 1 aliphatic carbocycles. The molecule has 0 unspecified atom stereocenters. The van der Waals surface area contributed by atoms with Gasteiger partial charge in [0.05, 0.1) is 12.0 Å². The van der Waals surface area contributed by atoms with Gasteiger partial charge in [-0.25, -0.2) is 0 Å². The van der Waals surface area contributed by atoms with Gasteiger partial charge >= 0.3 is 5.97 Å². The summed E-state index contributed by atoms with van der Waals surface area (Å²) in [5.41, 5.74) is 5.27. The molecule has 0 spiro atoms. The minimum Gasteiger partial charge on any atom is -0.460 e.